The summed E-state index contributed by atoms with van der Waals surface area (Å²) < 4.78 is 0. The maximum absolute atomic E-state index is 12.1. The van der Waals surface area contributed by atoms with Gasteiger partial charge in [0.05, 0.1) is 0 Å². The van der Waals surface area contributed by atoms with E-state index in [1.807, 2.05) is 6.92 Å². The van der Waals surface area contributed by atoms with Gasteiger partial charge in [-0.2, -0.15) is 0 Å². The molecule has 0 aromatic carbocycles. The predicted molar refractivity (Wildman–Crippen MR) is 190 cm³/mol. The highest BCUT2D eigenvalue weighted by molar-refractivity contribution is 8.14. The Morgan fingerprint density at radius 1 is 0.366 bits per heavy atom. The minimum absolute atomic E-state index is 0.410. The van der Waals surface area contributed by atoms with Gasteiger partial charge in [-0.3, -0.25) is 4.79 Å². The highest BCUT2D eigenvalue weighted by Crippen LogP contribution is 2.26. The third-order valence-corrected chi connectivity index (χ3v) is 10.5. The van der Waals surface area contributed by atoms with Crippen molar-refractivity contribution in [3.8, 4) is 0 Å². The molecule has 0 saturated heterocycles. The van der Waals surface area contributed by atoms with Crippen molar-refractivity contribution in [2.75, 3.05) is 0 Å². The minimum atomic E-state index is 0.410. The first-order chi connectivity index (χ1) is 20.2. The lowest BCUT2D eigenvalue weighted by Gasteiger charge is -2.15. The average Bonchev–Trinajstić information content (AvgIpc) is 2.98. The number of thioether (sulfide) groups is 1. The number of unbranched alkanes of at least 4 members (excludes halogenated alkanes) is 29. The Morgan fingerprint density at radius 2 is 0.585 bits per heavy atom. The van der Waals surface area contributed by atoms with Gasteiger partial charge in [0, 0.05) is 11.7 Å². The monoisotopic (exact) mass is 595 g/mol. The van der Waals surface area contributed by atoms with Crippen LogP contribution in [0.2, 0.25) is 0 Å². The molecule has 0 aliphatic carbocycles. The second-order valence-electron chi connectivity index (χ2n) is 13.3. The quantitative estimate of drug-likeness (QED) is 0.0679. The zero-order valence-corrected chi connectivity index (χ0v) is 29.8. The van der Waals surface area contributed by atoms with Crippen LogP contribution >= 0.6 is 11.8 Å². The van der Waals surface area contributed by atoms with Crippen LogP contribution in [-0.2, 0) is 4.79 Å². The Hall–Kier alpha value is 0.0200. The van der Waals surface area contributed by atoms with Crippen LogP contribution in [0, 0.1) is 0 Å². The lowest BCUT2D eigenvalue weighted by molar-refractivity contribution is -0.110. The van der Waals surface area contributed by atoms with E-state index in [4.69, 9.17) is 0 Å². The maximum atomic E-state index is 12.1. The molecule has 1 unspecified atom stereocenters. The van der Waals surface area contributed by atoms with Crippen molar-refractivity contribution >= 4 is 16.9 Å². The first-order valence-electron chi connectivity index (χ1n) is 19.4. The second-order valence-corrected chi connectivity index (χ2v) is 14.7. The van der Waals surface area contributed by atoms with E-state index in [0.29, 0.717) is 16.8 Å². The summed E-state index contributed by atoms with van der Waals surface area (Å²) in [6.45, 7) is 6.62. The van der Waals surface area contributed by atoms with Crippen LogP contribution in [-0.4, -0.2) is 10.4 Å². The van der Waals surface area contributed by atoms with E-state index in [2.05, 4.69) is 13.8 Å². The van der Waals surface area contributed by atoms with Crippen molar-refractivity contribution in [3.63, 3.8) is 0 Å². The van der Waals surface area contributed by atoms with E-state index < -0.39 is 0 Å². The largest absolute Gasteiger partial charge is 0.287 e. The van der Waals surface area contributed by atoms with Gasteiger partial charge in [0.1, 0.15) is 0 Å². The number of rotatable bonds is 35. The number of carbonyl (C=O) groups is 1. The fourth-order valence-electron chi connectivity index (χ4n) is 6.19. The minimum Gasteiger partial charge on any atom is -0.287 e. The summed E-state index contributed by atoms with van der Waals surface area (Å²) in [6.07, 6.45) is 47.4. The number of hydrogen-bond donors (Lipinski definition) is 0. The third kappa shape index (κ3) is 34.4. The molecule has 0 radical (unpaired) electrons. The van der Waals surface area contributed by atoms with Crippen LogP contribution in [0.5, 0.6) is 0 Å². The van der Waals surface area contributed by atoms with E-state index in [9.17, 15) is 4.79 Å². The lowest BCUT2D eigenvalue weighted by Crippen LogP contribution is -2.07. The van der Waals surface area contributed by atoms with Gasteiger partial charge in [-0.15, -0.1) is 0 Å². The fraction of sp³-hybridized carbons (Fsp3) is 0.974. The van der Waals surface area contributed by atoms with E-state index >= 15 is 0 Å². The molecule has 2 heteroatoms. The fourth-order valence-corrected chi connectivity index (χ4v) is 7.30. The third-order valence-electron chi connectivity index (χ3n) is 9.10. The molecule has 41 heavy (non-hydrogen) atoms. The molecule has 0 aromatic heterocycles. The summed E-state index contributed by atoms with van der Waals surface area (Å²) >= 11 is 1.68. The normalized spacial score (nSPS) is 12.3. The Labute approximate surface area is 265 Å². The molecule has 0 rings (SSSR count). The Kier molecular flexibility index (Phi) is 36.2. The van der Waals surface area contributed by atoms with Gasteiger partial charge in [-0.05, 0) is 12.8 Å². The van der Waals surface area contributed by atoms with Gasteiger partial charge in [0.2, 0.25) is 0 Å². The standard InChI is InChI=1S/C39H78OS/c1-4-7-9-11-13-15-17-19-21-23-25-27-29-31-33-35-37-38(41-39(40)6-3)36-34-32-30-28-26-24-22-20-18-16-14-12-10-8-5-2/h38H,4-37H2,1-3H3. The van der Waals surface area contributed by atoms with Crippen molar-refractivity contribution in [3.05, 3.63) is 0 Å². The Balaban J connectivity index is 3.57. The van der Waals surface area contributed by atoms with Crippen molar-refractivity contribution in [1.29, 1.82) is 0 Å². The van der Waals surface area contributed by atoms with E-state index in [1.165, 1.54) is 212 Å². The molecular formula is C39H78OS. The van der Waals surface area contributed by atoms with Crippen LogP contribution in [0.3, 0.4) is 0 Å². The summed E-state index contributed by atoms with van der Waals surface area (Å²) in [4.78, 5) is 12.1. The van der Waals surface area contributed by atoms with Crippen molar-refractivity contribution in [2.45, 2.75) is 244 Å². The molecule has 0 aromatic rings. The van der Waals surface area contributed by atoms with E-state index in [1.54, 1.807) is 11.8 Å². The molecule has 0 aliphatic heterocycles. The maximum Gasteiger partial charge on any atom is 0.188 e. The van der Waals surface area contributed by atoms with Gasteiger partial charge in [-0.25, -0.2) is 0 Å². The number of hydrogen-bond acceptors (Lipinski definition) is 2. The van der Waals surface area contributed by atoms with Gasteiger partial charge >= 0.3 is 0 Å². The molecule has 1 nitrogen and oxygen atoms in total. The summed E-state index contributed by atoms with van der Waals surface area (Å²) in [7, 11) is 0. The van der Waals surface area contributed by atoms with Crippen LogP contribution in [0.15, 0.2) is 0 Å². The van der Waals surface area contributed by atoms with Crippen LogP contribution in [0.25, 0.3) is 0 Å². The molecule has 0 N–H and O–H groups in total. The molecule has 0 amide bonds. The molecule has 0 spiro atoms. The highest BCUT2D eigenvalue weighted by atomic mass is 32.2. The molecule has 0 bridgehead atoms. The van der Waals surface area contributed by atoms with Crippen molar-refractivity contribution in [1.82, 2.24) is 0 Å². The van der Waals surface area contributed by atoms with Crippen LogP contribution in [0.4, 0.5) is 0 Å². The highest BCUT2D eigenvalue weighted by Gasteiger charge is 2.13. The topological polar surface area (TPSA) is 17.1 Å². The first-order valence-corrected chi connectivity index (χ1v) is 20.3. The van der Waals surface area contributed by atoms with Gasteiger partial charge in [0.15, 0.2) is 5.12 Å². The zero-order chi connectivity index (χ0) is 29.9. The van der Waals surface area contributed by atoms with E-state index in [-0.39, 0.29) is 0 Å². The summed E-state index contributed by atoms with van der Waals surface area (Å²) in [5.74, 6) is 0. The smallest absolute Gasteiger partial charge is 0.188 e. The SMILES string of the molecule is CCCCCCCCCCCCCCCCCCC(CCCCCCCCCCCCCCCCC)SC(=O)CC. The Morgan fingerprint density at radius 3 is 0.805 bits per heavy atom. The molecule has 0 fully saturated rings. The number of carbonyl (C=O) groups excluding carboxylic acids is 1. The van der Waals surface area contributed by atoms with Crippen molar-refractivity contribution in [2.24, 2.45) is 0 Å². The zero-order valence-electron chi connectivity index (χ0n) is 28.9. The van der Waals surface area contributed by atoms with Gasteiger partial charge in [-0.1, -0.05) is 232 Å². The predicted octanol–water partition coefficient (Wildman–Crippen LogP) is 14.9. The Bertz CT molecular complexity index is 490. The molecular weight excluding hydrogens is 516 g/mol. The molecule has 1 atom stereocenters. The molecule has 0 saturated carbocycles. The summed E-state index contributed by atoms with van der Waals surface area (Å²) in [6, 6.07) is 0. The average molecular weight is 595 g/mol. The molecule has 0 aliphatic rings. The van der Waals surface area contributed by atoms with Gasteiger partial charge in [0.25, 0.3) is 0 Å². The van der Waals surface area contributed by atoms with Crippen LogP contribution < -0.4 is 0 Å². The first kappa shape index (κ1) is 41.0. The summed E-state index contributed by atoms with van der Waals surface area (Å²) in [5, 5.41) is 0.989. The second kappa shape index (κ2) is 36.2. The summed E-state index contributed by atoms with van der Waals surface area (Å²) in [5.41, 5.74) is 0. The van der Waals surface area contributed by atoms with E-state index in [0.717, 1.165) is 0 Å². The van der Waals surface area contributed by atoms with Crippen LogP contribution in [0.1, 0.15) is 239 Å². The lowest BCUT2D eigenvalue weighted by atomic mass is 10.0. The molecule has 0 heterocycles. The van der Waals surface area contributed by atoms with Gasteiger partial charge < -0.3 is 0 Å². The van der Waals surface area contributed by atoms with Crippen molar-refractivity contribution < 1.29 is 4.79 Å². The molecule has 246 valence electrons.